The lowest BCUT2D eigenvalue weighted by molar-refractivity contribution is 0.0600. The van der Waals surface area contributed by atoms with Crippen LogP contribution in [-0.4, -0.2) is 69.8 Å². The Labute approximate surface area is 176 Å². The number of ether oxygens (including phenoxy) is 1. The van der Waals surface area contributed by atoms with Crippen LogP contribution in [0.2, 0.25) is 0 Å². The minimum Gasteiger partial charge on any atom is -0.465 e. The summed E-state index contributed by atoms with van der Waals surface area (Å²) >= 11 is 0. The van der Waals surface area contributed by atoms with Crippen molar-refractivity contribution in [2.45, 2.75) is 11.8 Å². The Bertz CT molecular complexity index is 1060. The standard InChI is InChI=1S/C21H25N3O5S/c1-15-7-8-18(30(27,28)24-11-9-23(2)10-12-24)14-19(15)20(25)22-17-6-4-5-16(13-17)21(26)29-3/h4-8,13-14H,9-12H2,1-3H3,(H,22,25). The van der Waals surface area contributed by atoms with E-state index in [1.807, 2.05) is 7.05 Å². The maximum Gasteiger partial charge on any atom is 0.337 e. The molecule has 160 valence electrons. The van der Waals surface area contributed by atoms with Gasteiger partial charge in [0.1, 0.15) is 0 Å². The molecule has 1 aliphatic rings. The highest BCUT2D eigenvalue weighted by Gasteiger charge is 2.28. The van der Waals surface area contributed by atoms with Crippen LogP contribution in [0.3, 0.4) is 0 Å². The van der Waals surface area contributed by atoms with Gasteiger partial charge in [-0.2, -0.15) is 4.31 Å². The fourth-order valence-electron chi connectivity index (χ4n) is 3.22. The number of hydrogen-bond donors (Lipinski definition) is 1. The van der Waals surface area contributed by atoms with Crippen LogP contribution in [0.15, 0.2) is 47.4 Å². The molecule has 3 rings (SSSR count). The molecule has 0 saturated carbocycles. The molecule has 9 heteroatoms. The molecule has 0 aromatic heterocycles. The van der Waals surface area contributed by atoms with E-state index >= 15 is 0 Å². The highest BCUT2D eigenvalue weighted by atomic mass is 32.2. The molecule has 0 atom stereocenters. The van der Waals surface area contributed by atoms with Gasteiger partial charge in [-0.3, -0.25) is 4.79 Å². The van der Waals surface area contributed by atoms with E-state index < -0.39 is 21.9 Å². The number of anilines is 1. The lowest BCUT2D eigenvalue weighted by atomic mass is 10.1. The predicted molar refractivity (Wildman–Crippen MR) is 113 cm³/mol. The first-order valence-electron chi connectivity index (χ1n) is 9.51. The molecule has 2 aromatic rings. The van der Waals surface area contributed by atoms with E-state index in [2.05, 4.69) is 10.2 Å². The third kappa shape index (κ3) is 4.69. The maximum absolute atomic E-state index is 13.0. The summed E-state index contributed by atoms with van der Waals surface area (Å²) in [6, 6.07) is 10.9. The molecule has 2 aromatic carbocycles. The van der Waals surface area contributed by atoms with Crippen molar-refractivity contribution in [1.82, 2.24) is 9.21 Å². The largest absolute Gasteiger partial charge is 0.465 e. The molecule has 1 aliphatic heterocycles. The summed E-state index contributed by atoms with van der Waals surface area (Å²) < 4.78 is 32.2. The lowest BCUT2D eigenvalue weighted by Gasteiger charge is -2.31. The molecule has 0 bridgehead atoms. The highest BCUT2D eigenvalue weighted by molar-refractivity contribution is 7.89. The Hall–Kier alpha value is -2.75. The van der Waals surface area contributed by atoms with Gasteiger partial charge < -0.3 is 15.0 Å². The van der Waals surface area contributed by atoms with Gasteiger partial charge in [0.15, 0.2) is 0 Å². The first kappa shape index (κ1) is 21.9. The molecule has 1 saturated heterocycles. The number of methoxy groups -OCH3 is 1. The molecule has 1 amide bonds. The van der Waals surface area contributed by atoms with E-state index in [9.17, 15) is 18.0 Å². The average Bonchev–Trinajstić information content (AvgIpc) is 2.73. The number of carbonyl (C=O) groups excluding carboxylic acids is 2. The lowest BCUT2D eigenvalue weighted by Crippen LogP contribution is -2.47. The second-order valence-corrected chi connectivity index (χ2v) is 9.15. The van der Waals surface area contributed by atoms with Crippen LogP contribution in [-0.2, 0) is 14.8 Å². The number of aryl methyl sites for hydroxylation is 1. The molecule has 0 aliphatic carbocycles. The van der Waals surface area contributed by atoms with Crippen molar-refractivity contribution in [3.63, 3.8) is 0 Å². The average molecular weight is 432 g/mol. The van der Waals surface area contributed by atoms with Crippen molar-refractivity contribution in [1.29, 1.82) is 0 Å². The minimum absolute atomic E-state index is 0.0890. The normalized spacial score (nSPS) is 15.6. The number of nitrogens with zero attached hydrogens (tertiary/aromatic N) is 2. The monoisotopic (exact) mass is 431 g/mol. The van der Waals surface area contributed by atoms with Gasteiger partial charge in [0.25, 0.3) is 5.91 Å². The molecule has 30 heavy (non-hydrogen) atoms. The van der Waals surface area contributed by atoms with Gasteiger partial charge in [0.2, 0.25) is 10.0 Å². The van der Waals surface area contributed by atoms with Crippen LogP contribution >= 0.6 is 0 Å². The van der Waals surface area contributed by atoms with Crippen molar-refractivity contribution < 1.29 is 22.7 Å². The smallest absolute Gasteiger partial charge is 0.337 e. The van der Waals surface area contributed by atoms with Crippen molar-refractivity contribution in [2.24, 2.45) is 0 Å². The highest BCUT2D eigenvalue weighted by Crippen LogP contribution is 2.22. The van der Waals surface area contributed by atoms with E-state index in [-0.39, 0.29) is 10.5 Å². The zero-order chi connectivity index (χ0) is 21.9. The zero-order valence-electron chi connectivity index (χ0n) is 17.2. The predicted octanol–water partition coefficient (Wildman–Crippen LogP) is 1.97. The van der Waals surface area contributed by atoms with Gasteiger partial charge in [0, 0.05) is 37.4 Å². The van der Waals surface area contributed by atoms with E-state index in [4.69, 9.17) is 4.74 Å². The van der Waals surface area contributed by atoms with Crippen molar-refractivity contribution in [3.8, 4) is 0 Å². The first-order chi connectivity index (χ1) is 14.2. The van der Waals surface area contributed by atoms with Gasteiger partial charge >= 0.3 is 5.97 Å². The zero-order valence-corrected chi connectivity index (χ0v) is 18.0. The number of carbonyl (C=O) groups is 2. The Balaban J connectivity index is 1.85. The van der Waals surface area contributed by atoms with Crippen LogP contribution in [0.4, 0.5) is 5.69 Å². The van der Waals surface area contributed by atoms with Crippen LogP contribution in [0, 0.1) is 6.92 Å². The van der Waals surface area contributed by atoms with E-state index in [1.165, 1.54) is 29.6 Å². The molecule has 0 unspecified atom stereocenters. The number of nitrogens with one attached hydrogen (secondary N) is 1. The molecule has 1 heterocycles. The molecule has 1 fully saturated rings. The summed E-state index contributed by atoms with van der Waals surface area (Å²) in [5.74, 6) is -0.965. The maximum atomic E-state index is 13.0. The number of amides is 1. The SMILES string of the molecule is COC(=O)c1cccc(NC(=O)c2cc(S(=O)(=O)N3CCN(C)CC3)ccc2C)c1. The van der Waals surface area contributed by atoms with Gasteiger partial charge in [-0.15, -0.1) is 0 Å². The quantitative estimate of drug-likeness (QED) is 0.728. The molecular formula is C21H25N3O5S. The second-order valence-electron chi connectivity index (χ2n) is 7.21. The Morgan fingerprint density at radius 3 is 2.40 bits per heavy atom. The molecular weight excluding hydrogens is 406 g/mol. The number of benzene rings is 2. The van der Waals surface area contributed by atoms with E-state index in [0.717, 1.165) is 0 Å². The second kappa shape index (κ2) is 8.95. The number of piperazine rings is 1. The molecule has 1 N–H and O–H groups in total. The van der Waals surface area contributed by atoms with Gasteiger partial charge in [0.05, 0.1) is 17.6 Å². The van der Waals surface area contributed by atoms with Crippen LogP contribution in [0.1, 0.15) is 26.3 Å². The summed E-state index contributed by atoms with van der Waals surface area (Å²) in [5, 5.41) is 2.72. The fourth-order valence-corrected chi connectivity index (χ4v) is 4.67. The Kier molecular flexibility index (Phi) is 6.55. The summed E-state index contributed by atoms with van der Waals surface area (Å²) in [5.41, 5.74) is 1.62. The van der Waals surface area contributed by atoms with Crippen LogP contribution in [0.5, 0.6) is 0 Å². The van der Waals surface area contributed by atoms with Gasteiger partial charge in [-0.05, 0) is 49.9 Å². The van der Waals surface area contributed by atoms with Crippen molar-refractivity contribution in [2.75, 3.05) is 45.7 Å². The fraction of sp³-hybridized carbons (Fsp3) is 0.333. The topological polar surface area (TPSA) is 96.0 Å². The number of esters is 1. The number of rotatable bonds is 5. The van der Waals surface area contributed by atoms with Crippen LogP contribution < -0.4 is 5.32 Å². The summed E-state index contributed by atoms with van der Waals surface area (Å²) in [6.45, 7) is 3.89. The summed E-state index contributed by atoms with van der Waals surface area (Å²) in [4.78, 5) is 26.7. The van der Waals surface area contributed by atoms with Crippen molar-refractivity contribution >= 4 is 27.6 Å². The minimum atomic E-state index is -3.69. The number of sulfonamides is 1. The molecule has 0 radical (unpaired) electrons. The Morgan fingerprint density at radius 1 is 1.03 bits per heavy atom. The third-order valence-corrected chi connectivity index (χ3v) is 6.99. The van der Waals surface area contributed by atoms with Crippen molar-refractivity contribution in [3.05, 3.63) is 59.2 Å². The summed E-state index contributed by atoms with van der Waals surface area (Å²) in [7, 11) is -0.454. The van der Waals surface area contributed by atoms with E-state index in [1.54, 1.807) is 31.2 Å². The summed E-state index contributed by atoms with van der Waals surface area (Å²) in [6.07, 6.45) is 0. The first-order valence-corrected chi connectivity index (χ1v) is 11.0. The van der Waals surface area contributed by atoms with E-state index in [0.29, 0.717) is 43.0 Å². The number of hydrogen-bond acceptors (Lipinski definition) is 6. The molecule has 8 nitrogen and oxygen atoms in total. The Morgan fingerprint density at radius 2 is 1.73 bits per heavy atom. The third-order valence-electron chi connectivity index (χ3n) is 5.10. The van der Waals surface area contributed by atoms with Crippen LogP contribution in [0.25, 0.3) is 0 Å². The molecule has 0 spiro atoms. The van der Waals surface area contributed by atoms with Gasteiger partial charge in [-0.25, -0.2) is 13.2 Å². The van der Waals surface area contributed by atoms with Gasteiger partial charge in [-0.1, -0.05) is 12.1 Å². The number of likely N-dealkylation sites (N-methyl/N-ethyl adjacent to an activating group) is 1.